The molecule has 0 amide bonds. The SMILES string of the molecule is O=C(C=Cc1ccc(O)c(O)c1)OCC1OC(OC2=Cc3c(OC4OC(CO)C(O)C(O)C4O)cc(O)cc3[OH+]C2c2ccc(O)cc2)C(OC2OC(CO)C(O)C(O)C2O)C(O)C1O. The second-order valence-corrected chi connectivity index (χ2v) is 15.5. The van der Waals surface area contributed by atoms with Gasteiger partial charge < -0.3 is 109 Å². The third kappa shape index (κ3) is 10.2. The Morgan fingerprint density at radius 3 is 1.89 bits per heavy atom. The Morgan fingerprint density at radius 2 is 1.25 bits per heavy atom. The molecule has 3 aromatic rings. The number of hydrogen-bond acceptors (Lipinski definition) is 22. The first-order chi connectivity index (χ1) is 31.0. The van der Waals surface area contributed by atoms with Crippen molar-refractivity contribution in [3.8, 4) is 34.5 Å². The topological polar surface area (TPSA) is 378 Å². The van der Waals surface area contributed by atoms with Crippen molar-refractivity contribution >= 4 is 18.1 Å². The lowest BCUT2D eigenvalue weighted by Gasteiger charge is -2.46. The van der Waals surface area contributed by atoms with Crippen molar-refractivity contribution in [2.75, 3.05) is 19.8 Å². The van der Waals surface area contributed by atoms with E-state index in [1.807, 2.05) is 0 Å². The van der Waals surface area contributed by atoms with Crippen LogP contribution in [0.25, 0.3) is 12.2 Å². The maximum Gasteiger partial charge on any atom is 0.330 e. The number of aliphatic hydroxyl groups excluding tert-OH is 10. The van der Waals surface area contributed by atoms with Gasteiger partial charge in [-0.15, -0.1) is 0 Å². The van der Waals surface area contributed by atoms with Crippen LogP contribution in [0.2, 0.25) is 0 Å². The minimum absolute atomic E-state index is 0.0341. The van der Waals surface area contributed by atoms with Crippen LogP contribution in [0.3, 0.4) is 0 Å². The van der Waals surface area contributed by atoms with E-state index in [2.05, 4.69) is 0 Å². The molecule has 23 nitrogen and oxygen atoms in total. The van der Waals surface area contributed by atoms with Gasteiger partial charge >= 0.3 is 5.97 Å². The average Bonchev–Trinajstić information content (AvgIpc) is 3.29. The lowest BCUT2D eigenvalue weighted by atomic mass is 9.97. The molecule has 23 heteroatoms. The fraction of sp³-hybridized carbons (Fsp3) is 0.452. The number of hydrogen-bond donors (Lipinski definition) is 14. The molecule has 0 spiro atoms. The molecule has 0 aromatic heterocycles. The molecule has 4 heterocycles. The molecule has 3 aromatic carbocycles. The summed E-state index contributed by atoms with van der Waals surface area (Å²) < 4.78 is 45.3. The Kier molecular flexibility index (Phi) is 14.7. The second-order valence-electron chi connectivity index (χ2n) is 15.5. The zero-order valence-electron chi connectivity index (χ0n) is 33.8. The minimum Gasteiger partial charge on any atom is -0.571 e. The first-order valence-corrected chi connectivity index (χ1v) is 20.0. The number of carbonyl (C=O) groups excluding carboxylic acids is 1. The quantitative estimate of drug-likeness (QED) is 0.0350. The Morgan fingerprint density at radius 1 is 0.631 bits per heavy atom. The van der Waals surface area contributed by atoms with Crippen molar-refractivity contribution < 1.29 is 114 Å². The number of phenolic OH excluding ortho intramolecular Hbond substituents is 4. The molecule has 4 aliphatic heterocycles. The van der Waals surface area contributed by atoms with E-state index in [0.29, 0.717) is 11.1 Å². The summed E-state index contributed by atoms with van der Waals surface area (Å²) in [7, 11) is 0. The minimum atomic E-state index is -2.04. The molecule has 4 aliphatic rings. The van der Waals surface area contributed by atoms with Gasteiger partial charge in [0.15, 0.2) is 29.7 Å². The van der Waals surface area contributed by atoms with Gasteiger partial charge in [0.05, 0.1) is 24.8 Å². The zero-order valence-corrected chi connectivity index (χ0v) is 33.8. The van der Waals surface area contributed by atoms with Gasteiger partial charge in [-0.3, -0.25) is 0 Å². The summed E-state index contributed by atoms with van der Waals surface area (Å²) in [4.78, 5) is 12.8. The number of aromatic hydroxyl groups is 5. The van der Waals surface area contributed by atoms with Crippen LogP contribution in [0.4, 0.5) is 0 Å². The van der Waals surface area contributed by atoms with E-state index in [1.165, 1.54) is 60.7 Å². The zero-order chi connectivity index (χ0) is 46.9. The standard InChI is InChI=1S/C42H48O23/c43-13-26-30(50)33(53)36(56)40(62-26)60-24-11-19(46)10-23-20(24)12-25(38(59-23)17-3-5-18(45)6-4-17)61-42-39(65-41-37(57)34(54)31(51)27(14-44)63-41)35(55)32(52)28(64-42)15-58-29(49)8-2-16-1-7-21(47)22(48)9-16/h1-12,26-28,30-48,50-57H,13-15H2/p+1. The van der Waals surface area contributed by atoms with Crippen LogP contribution in [-0.2, 0) is 33.2 Å². The van der Waals surface area contributed by atoms with Crippen LogP contribution in [0.5, 0.6) is 34.5 Å². The summed E-state index contributed by atoms with van der Waals surface area (Å²) in [5.74, 6) is -2.71. The van der Waals surface area contributed by atoms with Crippen molar-refractivity contribution in [3.63, 3.8) is 0 Å². The predicted octanol–water partition coefficient (Wildman–Crippen LogP) is -3.07. The number of benzene rings is 3. The van der Waals surface area contributed by atoms with Crippen LogP contribution in [0.15, 0.2) is 66.4 Å². The van der Waals surface area contributed by atoms with Crippen molar-refractivity contribution in [1.29, 1.82) is 0 Å². The molecule has 354 valence electrons. The molecular formula is C42H49O23+. The van der Waals surface area contributed by atoms with Crippen molar-refractivity contribution in [2.45, 2.75) is 98.2 Å². The number of rotatable bonds is 13. The molecule has 0 radical (unpaired) electrons. The number of ether oxygens (including phenoxy) is 8. The van der Waals surface area contributed by atoms with Crippen LogP contribution in [0, 0.1) is 0 Å². The normalized spacial score (nSPS) is 34.8. The van der Waals surface area contributed by atoms with E-state index in [9.17, 15) is 76.3 Å². The number of carbonyl (C=O) groups is 1. The summed E-state index contributed by atoms with van der Waals surface area (Å²) >= 11 is 0. The predicted molar refractivity (Wildman–Crippen MR) is 213 cm³/mol. The molecule has 16 unspecified atom stereocenters. The summed E-state index contributed by atoms with van der Waals surface area (Å²) in [6.07, 6.45) is -24.6. The van der Waals surface area contributed by atoms with E-state index >= 15 is 0 Å². The van der Waals surface area contributed by atoms with Gasteiger partial charge in [-0.25, -0.2) is 4.79 Å². The van der Waals surface area contributed by atoms with Crippen LogP contribution in [-0.4, -0.2) is 194 Å². The highest BCUT2D eigenvalue weighted by Gasteiger charge is 2.53. The maximum atomic E-state index is 12.8. The molecule has 65 heavy (non-hydrogen) atoms. The van der Waals surface area contributed by atoms with Gasteiger partial charge in [0, 0.05) is 18.2 Å². The molecule has 16 atom stereocenters. The first kappa shape index (κ1) is 47.6. The number of esters is 1. The largest absolute Gasteiger partial charge is 0.571 e. The highest BCUT2D eigenvalue weighted by molar-refractivity contribution is 5.87. The third-order valence-corrected chi connectivity index (χ3v) is 11.1. The first-order valence-electron chi connectivity index (χ1n) is 20.0. The lowest BCUT2D eigenvalue weighted by molar-refractivity contribution is -0.364. The third-order valence-electron chi connectivity index (χ3n) is 11.1. The number of fused-ring (bicyclic) bond motifs is 1. The smallest absolute Gasteiger partial charge is 0.330 e. The highest BCUT2D eigenvalue weighted by atomic mass is 16.8. The van der Waals surface area contributed by atoms with E-state index in [4.69, 9.17) is 37.9 Å². The number of aliphatic hydroxyl groups is 11. The Bertz CT molecular complexity index is 2180. The Hall–Kier alpha value is -5.35. The summed E-state index contributed by atoms with van der Waals surface area (Å²) in [5.41, 5.74) is 0.685. The molecule has 0 saturated carbocycles. The molecule has 0 bridgehead atoms. The van der Waals surface area contributed by atoms with Crippen molar-refractivity contribution in [3.05, 3.63) is 83.1 Å². The lowest BCUT2D eigenvalue weighted by Crippen LogP contribution is -2.64. The maximum absolute atomic E-state index is 12.8. The fourth-order valence-electron chi connectivity index (χ4n) is 7.43. The second kappa shape index (κ2) is 20.0. The Balaban J connectivity index is 1.23. The summed E-state index contributed by atoms with van der Waals surface area (Å²) in [6.45, 7) is -2.36. The van der Waals surface area contributed by atoms with Crippen molar-refractivity contribution in [2.24, 2.45) is 0 Å². The van der Waals surface area contributed by atoms with E-state index in [0.717, 1.165) is 12.1 Å². The van der Waals surface area contributed by atoms with Gasteiger partial charge in [-0.05, 0) is 48.0 Å². The van der Waals surface area contributed by atoms with Gasteiger partial charge in [-0.1, -0.05) is 6.07 Å². The molecule has 0 aliphatic carbocycles. The molecular weight excluding hydrogens is 872 g/mol. The monoisotopic (exact) mass is 921 g/mol. The van der Waals surface area contributed by atoms with Gasteiger partial charge in [0.2, 0.25) is 12.6 Å². The fourth-order valence-corrected chi connectivity index (χ4v) is 7.43. The van der Waals surface area contributed by atoms with Crippen LogP contribution >= 0.6 is 0 Å². The molecule has 7 rings (SSSR count). The molecule has 3 fully saturated rings. The van der Waals surface area contributed by atoms with E-state index in [1.54, 1.807) is 0 Å². The number of phenols is 4. The van der Waals surface area contributed by atoms with E-state index in [-0.39, 0.29) is 28.6 Å². The van der Waals surface area contributed by atoms with Crippen LogP contribution < -0.4 is 4.74 Å². The summed E-state index contributed by atoms with van der Waals surface area (Å²) in [5, 5.41) is 146. The Labute approximate surface area is 367 Å². The van der Waals surface area contributed by atoms with Gasteiger partial charge in [0.1, 0.15) is 96.6 Å². The molecule has 3 saturated heterocycles. The van der Waals surface area contributed by atoms with Crippen molar-refractivity contribution in [1.82, 2.24) is 0 Å². The van der Waals surface area contributed by atoms with Gasteiger partial charge in [0.25, 0.3) is 11.9 Å². The highest BCUT2D eigenvalue weighted by Crippen LogP contribution is 2.47. The average molecular weight is 922 g/mol. The van der Waals surface area contributed by atoms with Crippen LogP contribution in [0.1, 0.15) is 22.8 Å². The van der Waals surface area contributed by atoms with Gasteiger partial charge in [-0.2, -0.15) is 0 Å². The molecule has 15 N–H and O–H groups in total. The van der Waals surface area contributed by atoms with E-state index < -0.39 is 141 Å². The summed E-state index contributed by atoms with van der Waals surface area (Å²) in [6, 6.07) is 11.7.